The van der Waals surface area contributed by atoms with Crippen molar-refractivity contribution in [3.8, 4) is 0 Å². The van der Waals surface area contributed by atoms with Crippen LogP contribution in [-0.4, -0.2) is 30.3 Å². The fourth-order valence-corrected chi connectivity index (χ4v) is 1.65. The van der Waals surface area contributed by atoms with Crippen LogP contribution in [0.2, 0.25) is 0 Å². The summed E-state index contributed by atoms with van der Waals surface area (Å²) in [6.07, 6.45) is 0.836. The summed E-state index contributed by atoms with van der Waals surface area (Å²) in [5.41, 5.74) is 1.02. The first-order valence-corrected chi connectivity index (χ1v) is 6.90. The minimum Gasteiger partial charge on any atom is -0.354 e. The molecule has 0 saturated carbocycles. The van der Waals surface area contributed by atoms with Gasteiger partial charge in [0.25, 0.3) is 0 Å². The quantitative estimate of drug-likeness (QED) is 0.700. The van der Waals surface area contributed by atoms with Gasteiger partial charge in [0.05, 0.1) is 0 Å². The molecule has 0 heterocycles. The second kappa shape index (κ2) is 8.04. The summed E-state index contributed by atoms with van der Waals surface area (Å²) in [4.78, 5) is 34.7. The number of ketones is 1. The number of Topliss-reactive ketones (excluding diaryl/α,β-unsaturated/α-hetero) is 1. The van der Waals surface area contributed by atoms with Crippen molar-refractivity contribution in [3.63, 3.8) is 0 Å². The summed E-state index contributed by atoms with van der Waals surface area (Å²) in [5, 5.41) is 7.83. The van der Waals surface area contributed by atoms with Gasteiger partial charge in [-0.1, -0.05) is 19.1 Å². The van der Waals surface area contributed by atoms with Crippen molar-refractivity contribution in [2.24, 2.45) is 0 Å². The molecule has 0 saturated heterocycles. The number of amides is 3. The lowest BCUT2D eigenvalue weighted by Crippen LogP contribution is -2.46. The zero-order valence-electron chi connectivity index (χ0n) is 12.5. The van der Waals surface area contributed by atoms with Gasteiger partial charge in [0.15, 0.2) is 5.78 Å². The second-order valence-electron chi connectivity index (χ2n) is 4.75. The molecule has 1 aromatic rings. The molecule has 0 aliphatic heterocycles. The molecule has 0 radical (unpaired) electrons. The highest BCUT2D eigenvalue weighted by atomic mass is 16.2. The molecule has 0 aliphatic carbocycles. The van der Waals surface area contributed by atoms with Crippen LogP contribution in [0, 0.1) is 0 Å². The number of urea groups is 1. The minimum absolute atomic E-state index is 0.0774. The molecule has 0 aromatic heterocycles. The van der Waals surface area contributed by atoms with Gasteiger partial charge in [-0.2, -0.15) is 0 Å². The van der Waals surface area contributed by atoms with Gasteiger partial charge in [0.2, 0.25) is 5.91 Å². The average molecular weight is 291 g/mol. The third-order valence-electron chi connectivity index (χ3n) is 2.82. The van der Waals surface area contributed by atoms with E-state index < -0.39 is 12.1 Å². The minimum atomic E-state index is -0.632. The van der Waals surface area contributed by atoms with Crippen molar-refractivity contribution in [1.82, 2.24) is 10.6 Å². The maximum atomic E-state index is 11.8. The molecule has 21 heavy (non-hydrogen) atoms. The van der Waals surface area contributed by atoms with Gasteiger partial charge < -0.3 is 16.0 Å². The molecule has 1 atom stereocenters. The van der Waals surface area contributed by atoms with Crippen LogP contribution in [0.5, 0.6) is 0 Å². The Hall–Kier alpha value is -2.37. The fourth-order valence-electron chi connectivity index (χ4n) is 1.65. The molecule has 3 N–H and O–H groups in total. The third-order valence-corrected chi connectivity index (χ3v) is 2.82. The highest BCUT2D eigenvalue weighted by Crippen LogP contribution is 2.10. The van der Waals surface area contributed by atoms with Crippen molar-refractivity contribution < 1.29 is 14.4 Å². The maximum Gasteiger partial charge on any atom is 0.319 e. The van der Waals surface area contributed by atoms with Crippen molar-refractivity contribution in [2.75, 3.05) is 11.9 Å². The van der Waals surface area contributed by atoms with Gasteiger partial charge in [-0.15, -0.1) is 0 Å². The number of benzene rings is 1. The van der Waals surface area contributed by atoms with Crippen LogP contribution in [0.4, 0.5) is 10.5 Å². The molecular formula is C15H21N3O3. The molecule has 114 valence electrons. The lowest BCUT2D eigenvalue weighted by atomic mass is 10.1. The largest absolute Gasteiger partial charge is 0.354 e. The van der Waals surface area contributed by atoms with Crippen LogP contribution in [0.15, 0.2) is 24.3 Å². The van der Waals surface area contributed by atoms with Gasteiger partial charge in [-0.05, 0) is 32.4 Å². The van der Waals surface area contributed by atoms with Crippen molar-refractivity contribution in [2.45, 2.75) is 33.2 Å². The van der Waals surface area contributed by atoms with Crippen LogP contribution >= 0.6 is 0 Å². The Morgan fingerprint density at radius 3 is 2.57 bits per heavy atom. The normalized spacial score (nSPS) is 11.4. The lowest BCUT2D eigenvalue weighted by Gasteiger charge is -2.14. The highest BCUT2D eigenvalue weighted by molar-refractivity contribution is 5.97. The summed E-state index contributed by atoms with van der Waals surface area (Å²) in [5.74, 6) is -0.309. The number of nitrogens with one attached hydrogen (secondary N) is 3. The van der Waals surface area contributed by atoms with Crippen LogP contribution < -0.4 is 16.0 Å². The Morgan fingerprint density at radius 1 is 1.24 bits per heavy atom. The first-order valence-electron chi connectivity index (χ1n) is 6.90. The zero-order valence-corrected chi connectivity index (χ0v) is 12.5. The van der Waals surface area contributed by atoms with Gasteiger partial charge in [0.1, 0.15) is 6.04 Å². The number of carbonyl (C=O) groups is 3. The van der Waals surface area contributed by atoms with E-state index in [0.717, 1.165) is 6.42 Å². The van der Waals surface area contributed by atoms with Gasteiger partial charge >= 0.3 is 6.03 Å². The molecule has 0 bridgehead atoms. The van der Waals surface area contributed by atoms with E-state index in [1.807, 2.05) is 6.92 Å². The van der Waals surface area contributed by atoms with E-state index in [2.05, 4.69) is 16.0 Å². The summed E-state index contributed by atoms with van der Waals surface area (Å²) in [7, 11) is 0. The van der Waals surface area contributed by atoms with Crippen molar-refractivity contribution in [1.29, 1.82) is 0 Å². The fraction of sp³-hybridized carbons (Fsp3) is 0.400. The van der Waals surface area contributed by atoms with Crippen molar-refractivity contribution >= 4 is 23.4 Å². The SMILES string of the molecule is CCCNC(=O)[C@H](C)NC(=O)Nc1cccc(C(C)=O)c1. The van der Waals surface area contributed by atoms with E-state index >= 15 is 0 Å². The van der Waals surface area contributed by atoms with Crippen LogP contribution in [0.1, 0.15) is 37.6 Å². The topological polar surface area (TPSA) is 87.3 Å². The Balaban J connectivity index is 2.55. The molecule has 1 rings (SSSR count). The van der Waals surface area contributed by atoms with Crippen molar-refractivity contribution in [3.05, 3.63) is 29.8 Å². The van der Waals surface area contributed by atoms with Gasteiger partial charge in [-0.3, -0.25) is 9.59 Å². The predicted octanol–water partition coefficient (Wildman–Crippen LogP) is 1.93. The molecule has 0 unspecified atom stereocenters. The third kappa shape index (κ3) is 5.64. The maximum absolute atomic E-state index is 11.8. The Bertz CT molecular complexity index is 529. The van der Waals surface area contributed by atoms with E-state index in [0.29, 0.717) is 17.8 Å². The van der Waals surface area contributed by atoms with Crippen LogP contribution in [0.3, 0.4) is 0 Å². The molecule has 3 amide bonds. The number of anilines is 1. The summed E-state index contributed by atoms with van der Waals surface area (Å²) in [6.45, 7) is 5.59. The highest BCUT2D eigenvalue weighted by Gasteiger charge is 2.14. The molecule has 1 aromatic carbocycles. The van der Waals surface area contributed by atoms with Gasteiger partial charge in [0, 0.05) is 17.8 Å². The molecule has 6 nitrogen and oxygen atoms in total. The Morgan fingerprint density at radius 2 is 1.95 bits per heavy atom. The Labute approximate surface area is 124 Å². The zero-order chi connectivity index (χ0) is 15.8. The van der Waals surface area contributed by atoms with Crippen LogP contribution in [-0.2, 0) is 4.79 Å². The molecule has 0 spiro atoms. The molecular weight excluding hydrogens is 270 g/mol. The summed E-state index contributed by atoms with van der Waals surface area (Å²) in [6, 6.07) is 5.50. The molecule has 6 heteroatoms. The van der Waals surface area contributed by atoms with E-state index in [9.17, 15) is 14.4 Å². The summed E-state index contributed by atoms with van der Waals surface area (Å²) >= 11 is 0. The van der Waals surface area contributed by atoms with E-state index in [-0.39, 0.29) is 11.7 Å². The first-order chi connectivity index (χ1) is 9.93. The Kier molecular flexibility index (Phi) is 6.39. The van der Waals surface area contributed by atoms with Crippen LogP contribution in [0.25, 0.3) is 0 Å². The smallest absolute Gasteiger partial charge is 0.319 e. The molecule has 0 fully saturated rings. The number of hydrogen-bond donors (Lipinski definition) is 3. The molecule has 0 aliphatic rings. The van der Waals surface area contributed by atoms with E-state index in [4.69, 9.17) is 0 Å². The predicted molar refractivity (Wildman–Crippen MR) is 81.4 cm³/mol. The first kappa shape index (κ1) is 16.7. The number of rotatable bonds is 6. The second-order valence-corrected chi connectivity index (χ2v) is 4.75. The van der Waals surface area contributed by atoms with Gasteiger partial charge in [-0.25, -0.2) is 4.79 Å². The van der Waals surface area contributed by atoms with E-state index in [1.54, 1.807) is 31.2 Å². The number of carbonyl (C=O) groups excluding carboxylic acids is 3. The standard InChI is InChI=1S/C15H21N3O3/c1-4-8-16-14(20)10(2)17-15(21)18-13-7-5-6-12(9-13)11(3)19/h5-7,9-10H,4,8H2,1-3H3,(H,16,20)(H2,17,18,21)/t10-/m0/s1. The monoisotopic (exact) mass is 291 g/mol. The number of hydrogen-bond acceptors (Lipinski definition) is 3. The lowest BCUT2D eigenvalue weighted by molar-refractivity contribution is -0.122. The summed E-state index contributed by atoms with van der Waals surface area (Å²) < 4.78 is 0. The van der Waals surface area contributed by atoms with E-state index in [1.165, 1.54) is 6.92 Å². The average Bonchev–Trinajstić information content (AvgIpc) is 2.44.